The summed E-state index contributed by atoms with van der Waals surface area (Å²) in [4.78, 5) is 0. The number of benzene rings is 1. The van der Waals surface area contributed by atoms with Crippen molar-refractivity contribution in [3.63, 3.8) is 0 Å². The van der Waals surface area contributed by atoms with Crippen molar-refractivity contribution >= 4 is 0 Å². The number of unbranched alkanes of at least 4 members (excludes halogenated alkanes) is 14. The molecule has 0 aliphatic heterocycles. The minimum atomic E-state index is 0.138. The van der Waals surface area contributed by atoms with Crippen molar-refractivity contribution in [2.45, 2.75) is 148 Å². The normalized spacial score (nSPS) is 14.4. The molecule has 0 aromatic heterocycles. The van der Waals surface area contributed by atoms with Crippen LogP contribution in [0.3, 0.4) is 0 Å². The van der Waals surface area contributed by atoms with Gasteiger partial charge in [-0.15, -0.1) is 0 Å². The quantitative estimate of drug-likeness (QED) is 0.176. The number of hydrogen-bond donors (Lipinski definition) is 1. The molecule has 1 rings (SSSR count). The van der Waals surface area contributed by atoms with Crippen LogP contribution >= 0.6 is 0 Å². The molecular formula is C31H57N. The first-order valence-electron chi connectivity index (χ1n) is 14.5. The average Bonchev–Trinajstić information content (AvgIpc) is 2.83. The molecule has 0 saturated carbocycles. The molecule has 1 unspecified atom stereocenters. The van der Waals surface area contributed by atoms with E-state index in [0.29, 0.717) is 0 Å². The van der Waals surface area contributed by atoms with Crippen molar-refractivity contribution < 1.29 is 0 Å². The molecule has 1 aromatic carbocycles. The van der Waals surface area contributed by atoms with E-state index in [1.165, 1.54) is 128 Å². The molecule has 1 N–H and O–H groups in total. The first kappa shape index (κ1) is 29.2. The Morgan fingerprint density at radius 1 is 0.625 bits per heavy atom. The van der Waals surface area contributed by atoms with Gasteiger partial charge in [-0.2, -0.15) is 0 Å². The van der Waals surface area contributed by atoms with Crippen LogP contribution in [0.2, 0.25) is 0 Å². The molecule has 0 heterocycles. The van der Waals surface area contributed by atoms with E-state index in [0.717, 1.165) is 5.92 Å². The second-order valence-corrected chi connectivity index (χ2v) is 10.2. The third kappa shape index (κ3) is 11.4. The summed E-state index contributed by atoms with van der Waals surface area (Å²) in [5.74, 6) is 0.722. The molecule has 32 heavy (non-hydrogen) atoms. The first-order chi connectivity index (χ1) is 15.7. The topological polar surface area (TPSA) is 12.0 Å². The van der Waals surface area contributed by atoms with E-state index in [1.54, 1.807) is 0 Å². The third-order valence-electron chi connectivity index (χ3n) is 7.76. The van der Waals surface area contributed by atoms with Crippen molar-refractivity contribution in [1.82, 2.24) is 5.32 Å². The predicted octanol–water partition coefficient (Wildman–Crippen LogP) is 10.2. The minimum Gasteiger partial charge on any atom is -0.310 e. The Bertz CT molecular complexity index is 510. The standard InChI is InChI=1S/C31H57N/c1-5-8-10-12-14-15-16-17-19-24-28-31(32-4,30-26-22-20-23-27-30)29(7-3)25-21-18-13-11-9-6-2/h20,22-23,26-27,29,32H,5-19,21,24-25,28H2,1-4H3/t29?,31-/m1/s1. The van der Waals surface area contributed by atoms with Gasteiger partial charge in [0.15, 0.2) is 0 Å². The molecule has 0 radical (unpaired) electrons. The highest BCUT2D eigenvalue weighted by molar-refractivity contribution is 5.25. The van der Waals surface area contributed by atoms with Gasteiger partial charge in [0, 0.05) is 5.54 Å². The summed E-state index contributed by atoms with van der Waals surface area (Å²) in [6.07, 6.45) is 26.4. The number of nitrogens with one attached hydrogen (secondary N) is 1. The molecule has 186 valence electrons. The third-order valence-corrected chi connectivity index (χ3v) is 7.76. The zero-order valence-corrected chi connectivity index (χ0v) is 22.4. The first-order valence-corrected chi connectivity index (χ1v) is 14.5. The van der Waals surface area contributed by atoms with Gasteiger partial charge in [0.05, 0.1) is 0 Å². The summed E-state index contributed by atoms with van der Waals surface area (Å²) < 4.78 is 0. The summed E-state index contributed by atoms with van der Waals surface area (Å²) in [7, 11) is 2.22. The monoisotopic (exact) mass is 443 g/mol. The van der Waals surface area contributed by atoms with Crippen LogP contribution in [0.1, 0.15) is 148 Å². The molecule has 1 heteroatoms. The summed E-state index contributed by atoms with van der Waals surface area (Å²) in [6, 6.07) is 11.4. The molecule has 2 atom stereocenters. The lowest BCUT2D eigenvalue weighted by Gasteiger charge is -2.42. The van der Waals surface area contributed by atoms with E-state index >= 15 is 0 Å². The van der Waals surface area contributed by atoms with Gasteiger partial charge in [-0.25, -0.2) is 0 Å². The van der Waals surface area contributed by atoms with Gasteiger partial charge >= 0.3 is 0 Å². The van der Waals surface area contributed by atoms with Gasteiger partial charge in [0.1, 0.15) is 0 Å². The highest BCUT2D eigenvalue weighted by Gasteiger charge is 2.37. The lowest BCUT2D eigenvalue weighted by molar-refractivity contribution is 0.178. The Morgan fingerprint density at radius 2 is 1.09 bits per heavy atom. The Balaban J connectivity index is 2.56. The van der Waals surface area contributed by atoms with Crippen LogP contribution in [-0.4, -0.2) is 7.05 Å². The van der Waals surface area contributed by atoms with Gasteiger partial charge < -0.3 is 5.32 Å². The molecule has 0 fully saturated rings. The minimum absolute atomic E-state index is 0.138. The van der Waals surface area contributed by atoms with Crippen LogP contribution < -0.4 is 5.32 Å². The number of hydrogen-bond acceptors (Lipinski definition) is 1. The predicted molar refractivity (Wildman–Crippen MR) is 145 cm³/mol. The van der Waals surface area contributed by atoms with E-state index in [4.69, 9.17) is 0 Å². The second kappa shape index (κ2) is 19.6. The van der Waals surface area contributed by atoms with Gasteiger partial charge in [-0.05, 0) is 31.4 Å². The summed E-state index contributed by atoms with van der Waals surface area (Å²) in [5.41, 5.74) is 1.65. The van der Waals surface area contributed by atoms with Crippen molar-refractivity contribution in [3.8, 4) is 0 Å². The highest BCUT2D eigenvalue weighted by Crippen LogP contribution is 2.39. The molecule has 0 aliphatic carbocycles. The van der Waals surface area contributed by atoms with Gasteiger partial charge in [-0.3, -0.25) is 0 Å². The fourth-order valence-electron chi connectivity index (χ4n) is 5.65. The Hall–Kier alpha value is -0.820. The maximum Gasteiger partial charge on any atom is 0.0460 e. The van der Waals surface area contributed by atoms with Crippen molar-refractivity contribution in [3.05, 3.63) is 35.9 Å². The smallest absolute Gasteiger partial charge is 0.0460 e. The fourth-order valence-corrected chi connectivity index (χ4v) is 5.65. The van der Waals surface area contributed by atoms with Crippen LogP contribution in [-0.2, 0) is 5.54 Å². The van der Waals surface area contributed by atoms with Crippen LogP contribution in [0.15, 0.2) is 30.3 Å². The van der Waals surface area contributed by atoms with Crippen LogP contribution in [0.4, 0.5) is 0 Å². The molecule has 0 amide bonds. The molecule has 1 aromatic rings. The van der Waals surface area contributed by atoms with E-state index in [1.807, 2.05) is 0 Å². The SMILES string of the molecule is CCCCCCCCCCCC[C@](NC)(c1ccccc1)C(CC)CCCCCCCC. The van der Waals surface area contributed by atoms with Gasteiger partial charge in [0.25, 0.3) is 0 Å². The molecule has 1 nitrogen and oxygen atoms in total. The zero-order chi connectivity index (χ0) is 23.3. The summed E-state index contributed by atoms with van der Waals surface area (Å²) in [6.45, 7) is 7.02. The highest BCUT2D eigenvalue weighted by atomic mass is 15.0. The summed E-state index contributed by atoms with van der Waals surface area (Å²) >= 11 is 0. The lowest BCUT2D eigenvalue weighted by Crippen LogP contribution is -2.46. The van der Waals surface area contributed by atoms with Crippen LogP contribution in [0.5, 0.6) is 0 Å². The van der Waals surface area contributed by atoms with E-state index in [2.05, 4.69) is 63.5 Å². The average molecular weight is 444 g/mol. The molecule has 0 saturated heterocycles. The molecular weight excluding hydrogens is 386 g/mol. The lowest BCUT2D eigenvalue weighted by atomic mass is 9.71. The fraction of sp³-hybridized carbons (Fsp3) is 0.806. The number of rotatable bonds is 22. The Kier molecular flexibility index (Phi) is 17.9. The van der Waals surface area contributed by atoms with Crippen molar-refractivity contribution in [2.24, 2.45) is 5.92 Å². The van der Waals surface area contributed by atoms with E-state index in [9.17, 15) is 0 Å². The maximum atomic E-state index is 3.87. The molecule has 0 aliphatic rings. The van der Waals surface area contributed by atoms with Gasteiger partial charge in [0.2, 0.25) is 0 Å². The Morgan fingerprint density at radius 3 is 1.56 bits per heavy atom. The Labute approximate surface area is 202 Å². The van der Waals surface area contributed by atoms with E-state index in [-0.39, 0.29) is 5.54 Å². The molecule has 0 bridgehead atoms. The van der Waals surface area contributed by atoms with Crippen molar-refractivity contribution in [2.75, 3.05) is 7.05 Å². The zero-order valence-electron chi connectivity index (χ0n) is 22.4. The van der Waals surface area contributed by atoms with Gasteiger partial charge in [-0.1, -0.05) is 160 Å². The molecule has 0 spiro atoms. The largest absolute Gasteiger partial charge is 0.310 e. The van der Waals surface area contributed by atoms with Crippen LogP contribution in [0, 0.1) is 5.92 Å². The van der Waals surface area contributed by atoms with Crippen LogP contribution in [0.25, 0.3) is 0 Å². The van der Waals surface area contributed by atoms with Crippen molar-refractivity contribution in [1.29, 1.82) is 0 Å². The van der Waals surface area contributed by atoms with E-state index < -0.39 is 0 Å². The maximum absolute atomic E-state index is 3.87. The summed E-state index contributed by atoms with van der Waals surface area (Å²) in [5, 5.41) is 3.87. The second-order valence-electron chi connectivity index (χ2n) is 10.2.